The summed E-state index contributed by atoms with van der Waals surface area (Å²) >= 11 is 0. The van der Waals surface area contributed by atoms with E-state index in [9.17, 15) is 0 Å². The van der Waals surface area contributed by atoms with Crippen LogP contribution in [-0.2, 0) is 17.9 Å². The topological polar surface area (TPSA) is 30.3 Å². The average molecular weight is 311 g/mol. The van der Waals surface area contributed by atoms with E-state index in [0.29, 0.717) is 12.6 Å². The highest BCUT2D eigenvalue weighted by atomic mass is 16.5. The fourth-order valence-electron chi connectivity index (χ4n) is 4.02. The van der Waals surface area contributed by atoms with Crippen LogP contribution in [0.15, 0.2) is 42.9 Å². The minimum Gasteiger partial charge on any atom is -0.375 e. The van der Waals surface area contributed by atoms with E-state index in [1.807, 2.05) is 24.5 Å². The Bertz CT molecular complexity index is 619. The summed E-state index contributed by atoms with van der Waals surface area (Å²) in [5.41, 5.74) is 2.62. The molecule has 0 radical (unpaired) electrons. The van der Waals surface area contributed by atoms with E-state index in [1.165, 1.54) is 36.9 Å². The maximum Gasteiger partial charge on any atom is 0.0719 e. The highest BCUT2D eigenvalue weighted by molar-refractivity contribution is 5.12. The first-order chi connectivity index (χ1) is 11.4. The summed E-state index contributed by atoms with van der Waals surface area (Å²) in [5, 5.41) is 0. The number of hydrogen-bond donors (Lipinski definition) is 0. The SMILES string of the molecule is c1cc2n(c1)[C@@H](COCc1ccncc1)CN(C1CCCC1)C2. The third-order valence-electron chi connectivity index (χ3n) is 5.24. The molecule has 2 aromatic rings. The predicted molar refractivity (Wildman–Crippen MR) is 90.0 cm³/mol. The second-order valence-corrected chi connectivity index (χ2v) is 6.80. The van der Waals surface area contributed by atoms with Crippen molar-refractivity contribution in [2.75, 3.05) is 13.2 Å². The number of hydrogen-bond acceptors (Lipinski definition) is 3. The Morgan fingerprint density at radius 2 is 1.96 bits per heavy atom. The lowest BCUT2D eigenvalue weighted by atomic mass is 10.1. The van der Waals surface area contributed by atoms with Gasteiger partial charge in [-0.3, -0.25) is 9.88 Å². The third kappa shape index (κ3) is 3.33. The highest BCUT2D eigenvalue weighted by Crippen LogP contribution is 2.30. The molecule has 1 aliphatic heterocycles. The zero-order valence-electron chi connectivity index (χ0n) is 13.6. The van der Waals surface area contributed by atoms with Crippen molar-refractivity contribution < 1.29 is 4.74 Å². The van der Waals surface area contributed by atoms with Gasteiger partial charge in [-0.25, -0.2) is 0 Å². The number of rotatable bonds is 5. The smallest absolute Gasteiger partial charge is 0.0719 e. The van der Waals surface area contributed by atoms with E-state index in [2.05, 4.69) is 32.8 Å². The van der Waals surface area contributed by atoms with E-state index in [-0.39, 0.29) is 0 Å². The summed E-state index contributed by atoms with van der Waals surface area (Å²) in [6.45, 7) is 3.65. The van der Waals surface area contributed by atoms with Crippen LogP contribution in [0.3, 0.4) is 0 Å². The van der Waals surface area contributed by atoms with Crippen molar-refractivity contribution in [2.45, 2.75) is 50.9 Å². The lowest BCUT2D eigenvalue weighted by Crippen LogP contribution is -2.43. The standard InChI is InChI=1S/C19H25N3O/c1-2-5-17(4-1)21-12-18-6-3-11-22(18)19(13-21)15-23-14-16-7-9-20-10-8-16/h3,6-11,17,19H,1-2,4-5,12-15H2/t19-/m1/s1. The summed E-state index contributed by atoms with van der Waals surface area (Å²) in [4.78, 5) is 6.74. The Labute approximate surface area is 138 Å². The average Bonchev–Trinajstić information content (AvgIpc) is 3.27. The molecule has 23 heavy (non-hydrogen) atoms. The molecule has 1 saturated carbocycles. The molecule has 0 aromatic carbocycles. The molecule has 1 atom stereocenters. The molecule has 0 unspecified atom stereocenters. The first kappa shape index (κ1) is 14.9. The fourth-order valence-corrected chi connectivity index (χ4v) is 4.02. The Balaban J connectivity index is 1.40. The molecule has 0 spiro atoms. The third-order valence-corrected chi connectivity index (χ3v) is 5.24. The van der Waals surface area contributed by atoms with Gasteiger partial charge in [0.25, 0.3) is 0 Å². The van der Waals surface area contributed by atoms with Gasteiger partial charge in [0.05, 0.1) is 19.3 Å². The Kier molecular flexibility index (Phi) is 4.44. The van der Waals surface area contributed by atoms with Gasteiger partial charge in [0, 0.05) is 43.4 Å². The molecule has 122 valence electrons. The zero-order valence-corrected chi connectivity index (χ0v) is 13.6. The van der Waals surface area contributed by atoms with Crippen LogP contribution < -0.4 is 0 Å². The molecule has 4 nitrogen and oxygen atoms in total. The summed E-state index contributed by atoms with van der Waals surface area (Å²) < 4.78 is 8.44. The van der Waals surface area contributed by atoms with Crippen molar-refractivity contribution in [1.29, 1.82) is 0 Å². The van der Waals surface area contributed by atoms with Crippen LogP contribution >= 0.6 is 0 Å². The number of fused-ring (bicyclic) bond motifs is 1. The zero-order chi connectivity index (χ0) is 15.5. The molecular formula is C19H25N3O. The Morgan fingerprint density at radius 3 is 2.78 bits per heavy atom. The summed E-state index contributed by atoms with van der Waals surface area (Å²) in [6, 6.07) is 9.68. The lowest BCUT2D eigenvalue weighted by molar-refractivity contribution is 0.0484. The Hall–Kier alpha value is -1.65. The van der Waals surface area contributed by atoms with Crippen molar-refractivity contribution in [3.05, 3.63) is 54.1 Å². The maximum absolute atomic E-state index is 6.02. The second-order valence-electron chi connectivity index (χ2n) is 6.80. The van der Waals surface area contributed by atoms with Gasteiger partial charge < -0.3 is 9.30 Å². The van der Waals surface area contributed by atoms with Crippen LogP contribution in [0.2, 0.25) is 0 Å². The van der Waals surface area contributed by atoms with Crippen LogP contribution in [0.25, 0.3) is 0 Å². The quantitative estimate of drug-likeness (QED) is 0.848. The summed E-state index contributed by atoms with van der Waals surface area (Å²) in [5.74, 6) is 0. The predicted octanol–water partition coefficient (Wildman–Crippen LogP) is 3.40. The van der Waals surface area contributed by atoms with Gasteiger partial charge >= 0.3 is 0 Å². The molecular weight excluding hydrogens is 286 g/mol. The van der Waals surface area contributed by atoms with Gasteiger partial charge in [-0.05, 0) is 42.7 Å². The second kappa shape index (κ2) is 6.85. The van der Waals surface area contributed by atoms with E-state index < -0.39 is 0 Å². The van der Waals surface area contributed by atoms with Crippen molar-refractivity contribution >= 4 is 0 Å². The first-order valence-electron chi connectivity index (χ1n) is 8.76. The molecule has 2 aromatic heterocycles. The molecule has 2 aliphatic rings. The number of ether oxygens (including phenoxy) is 1. The minimum atomic E-state index is 0.427. The maximum atomic E-state index is 6.02. The van der Waals surface area contributed by atoms with Gasteiger partial charge in [0.2, 0.25) is 0 Å². The van der Waals surface area contributed by atoms with Crippen LogP contribution in [0.5, 0.6) is 0 Å². The normalized spacial score (nSPS) is 22.3. The highest BCUT2D eigenvalue weighted by Gasteiger charge is 2.30. The first-order valence-corrected chi connectivity index (χ1v) is 8.76. The fraction of sp³-hybridized carbons (Fsp3) is 0.526. The monoisotopic (exact) mass is 311 g/mol. The van der Waals surface area contributed by atoms with E-state index in [1.54, 1.807) is 0 Å². The minimum absolute atomic E-state index is 0.427. The van der Waals surface area contributed by atoms with E-state index in [0.717, 1.165) is 25.7 Å². The summed E-state index contributed by atoms with van der Waals surface area (Å²) in [6.07, 6.45) is 11.4. The molecule has 4 heteroatoms. The van der Waals surface area contributed by atoms with Crippen molar-refractivity contribution in [1.82, 2.24) is 14.5 Å². The molecule has 0 saturated heterocycles. The largest absolute Gasteiger partial charge is 0.375 e. The van der Waals surface area contributed by atoms with E-state index >= 15 is 0 Å². The summed E-state index contributed by atoms with van der Waals surface area (Å²) in [7, 11) is 0. The molecule has 4 rings (SSSR count). The van der Waals surface area contributed by atoms with Gasteiger partial charge in [-0.15, -0.1) is 0 Å². The van der Waals surface area contributed by atoms with Crippen LogP contribution in [-0.4, -0.2) is 33.6 Å². The van der Waals surface area contributed by atoms with Gasteiger partial charge in [0.1, 0.15) is 0 Å². The number of aromatic nitrogens is 2. The van der Waals surface area contributed by atoms with E-state index in [4.69, 9.17) is 4.74 Å². The molecule has 0 N–H and O–H groups in total. The van der Waals surface area contributed by atoms with Crippen LogP contribution in [0, 0.1) is 0 Å². The van der Waals surface area contributed by atoms with Crippen LogP contribution in [0.1, 0.15) is 43.0 Å². The van der Waals surface area contributed by atoms with Gasteiger partial charge in [-0.1, -0.05) is 12.8 Å². The van der Waals surface area contributed by atoms with Crippen molar-refractivity contribution in [3.63, 3.8) is 0 Å². The molecule has 0 bridgehead atoms. The number of pyridine rings is 1. The number of nitrogens with zero attached hydrogens (tertiary/aromatic N) is 3. The molecule has 3 heterocycles. The van der Waals surface area contributed by atoms with Gasteiger partial charge in [0.15, 0.2) is 0 Å². The van der Waals surface area contributed by atoms with Crippen LogP contribution in [0.4, 0.5) is 0 Å². The molecule has 1 aliphatic carbocycles. The molecule has 0 amide bonds. The molecule has 1 fully saturated rings. The van der Waals surface area contributed by atoms with Crippen molar-refractivity contribution in [2.24, 2.45) is 0 Å². The Morgan fingerprint density at radius 1 is 1.13 bits per heavy atom. The van der Waals surface area contributed by atoms with Gasteiger partial charge in [-0.2, -0.15) is 0 Å². The lowest BCUT2D eigenvalue weighted by Gasteiger charge is -2.38. The van der Waals surface area contributed by atoms with Crippen molar-refractivity contribution in [3.8, 4) is 0 Å².